The fourth-order valence-electron chi connectivity index (χ4n) is 4.52. The number of fused-ring (bicyclic) bond motifs is 1. The van der Waals surface area contributed by atoms with Gasteiger partial charge in [0.2, 0.25) is 0 Å². The van der Waals surface area contributed by atoms with Gasteiger partial charge in [0.25, 0.3) is 0 Å². The molecule has 1 saturated carbocycles. The lowest BCUT2D eigenvalue weighted by molar-refractivity contribution is 0.184. The van der Waals surface area contributed by atoms with E-state index in [1.54, 1.807) is 11.1 Å². The molecule has 0 saturated heterocycles. The van der Waals surface area contributed by atoms with Crippen molar-refractivity contribution in [2.45, 2.75) is 64.3 Å². The van der Waals surface area contributed by atoms with Gasteiger partial charge in [-0.1, -0.05) is 57.4 Å². The third kappa shape index (κ3) is 2.65. The molecule has 2 aliphatic rings. The lowest BCUT2D eigenvalue weighted by atomic mass is 9.66. The monoisotopic (exact) mass is 271 g/mol. The van der Waals surface area contributed by atoms with E-state index in [0.29, 0.717) is 6.04 Å². The predicted octanol–water partition coefficient (Wildman–Crippen LogP) is 4.52. The van der Waals surface area contributed by atoms with E-state index in [2.05, 4.69) is 43.4 Å². The Hall–Kier alpha value is -0.820. The van der Waals surface area contributed by atoms with Gasteiger partial charge in [0, 0.05) is 12.0 Å². The van der Waals surface area contributed by atoms with Gasteiger partial charge in [-0.25, -0.2) is 0 Å². The summed E-state index contributed by atoms with van der Waals surface area (Å²) < 4.78 is 0. The molecule has 1 aromatic rings. The number of likely N-dealkylation sites (N-methyl/N-ethyl adjacent to an activating group) is 1. The van der Waals surface area contributed by atoms with Gasteiger partial charge in [0.15, 0.2) is 0 Å². The van der Waals surface area contributed by atoms with Gasteiger partial charge >= 0.3 is 0 Å². The van der Waals surface area contributed by atoms with Crippen LogP contribution >= 0.6 is 0 Å². The smallest absolute Gasteiger partial charge is 0.0167 e. The topological polar surface area (TPSA) is 12.0 Å². The molecule has 0 aromatic heterocycles. The third-order valence-corrected chi connectivity index (χ3v) is 5.68. The van der Waals surface area contributed by atoms with Crippen molar-refractivity contribution in [1.29, 1.82) is 0 Å². The Morgan fingerprint density at radius 1 is 1.20 bits per heavy atom. The summed E-state index contributed by atoms with van der Waals surface area (Å²) in [7, 11) is 0. The first-order valence-corrected chi connectivity index (χ1v) is 8.64. The molecule has 1 fully saturated rings. The van der Waals surface area contributed by atoms with E-state index in [1.165, 1.54) is 38.5 Å². The van der Waals surface area contributed by atoms with E-state index in [4.69, 9.17) is 0 Å². The first-order chi connectivity index (χ1) is 9.83. The number of hydrogen-bond acceptors (Lipinski definition) is 1. The van der Waals surface area contributed by atoms with Crippen LogP contribution in [0.15, 0.2) is 24.3 Å². The lowest BCUT2D eigenvalue weighted by Gasteiger charge is -2.43. The van der Waals surface area contributed by atoms with Gasteiger partial charge in [-0.15, -0.1) is 0 Å². The van der Waals surface area contributed by atoms with Crippen molar-refractivity contribution < 1.29 is 0 Å². The quantitative estimate of drug-likeness (QED) is 0.830. The highest BCUT2D eigenvalue weighted by Crippen LogP contribution is 2.43. The molecule has 2 aliphatic carbocycles. The second kappa shape index (κ2) is 6.30. The molecule has 0 amide bonds. The van der Waals surface area contributed by atoms with Crippen molar-refractivity contribution in [3.63, 3.8) is 0 Å². The molecule has 110 valence electrons. The fourth-order valence-corrected chi connectivity index (χ4v) is 4.52. The van der Waals surface area contributed by atoms with Crippen LogP contribution in [0.4, 0.5) is 0 Å². The van der Waals surface area contributed by atoms with E-state index in [9.17, 15) is 0 Å². The fraction of sp³-hybridized carbons (Fsp3) is 0.684. The molecule has 4 atom stereocenters. The molecule has 0 aliphatic heterocycles. The summed E-state index contributed by atoms with van der Waals surface area (Å²) in [5.74, 6) is 2.64. The summed E-state index contributed by atoms with van der Waals surface area (Å²) in [6.07, 6.45) is 8.46. The van der Waals surface area contributed by atoms with Crippen LogP contribution in [0, 0.1) is 11.8 Å². The standard InChI is InChI=1S/C19H29N/c1-3-14-8-7-10-16(12-14)19(20-4-2)18-13-15-9-5-6-11-17(15)18/h5-6,9,11,14,16,18-20H,3-4,7-8,10,12-13H2,1-2H3. The molecule has 0 heterocycles. The maximum atomic E-state index is 3.84. The van der Waals surface area contributed by atoms with Crippen molar-refractivity contribution in [2.24, 2.45) is 11.8 Å². The zero-order valence-electron chi connectivity index (χ0n) is 13.1. The van der Waals surface area contributed by atoms with Gasteiger partial charge in [-0.2, -0.15) is 0 Å². The SMILES string of the molecule is CCNC(C1CCCC(CC)C1)C1Cc2ccccc21. The van der Waals surface area contributed by atoms with Gasteiger partial charge < -0.3 is 5.32 Å². The molecule has 1 heteroatoms. The normalized spacial score (nSPS) is 30.4. The minimum atomic E-state index is 0.712. The molecular formula is C19H29N. The van der Waals surface area contributed by atoms with Crippen LogP contribution in [0.1, 0.15) is 63.0 Å². The Morgan fingerprint density at radius 3 is 2.80 bits per heavy atom. The van der Waals surface area contributed by atoms with E-state index < -0.39 is 0 Å². The molecular weight excluding hydrogens is 242 g/mol. The largest absolute Gasteiger partial charge is 0.313 e. The molecule has 3 rings (SSSR count). The van der Waals surface area contributed by atoms with Crippen molar-refractivity contribution in [2.75, 3.05) is 6.54 Å². The first kappa shape index (κ1) is 14.1. The number of rotatable bonds is 5. The first-order valence-electron chi connectivity index (χ1n) is 8.64. The van der Waals surface area contributed by atoms with Crippen LogP contribution < -0.4 is 5.32 Å². The molecule has 1 N–H and O–H groups in total. The van der Waals surface area contributed by atoms with Crippen molar-refractivity contribution in [3.05, 3.63) is 35.4 Å². The minimum Gasteiger partial charge on any atom is -0.313 e. The van der Waals surface area contributed by atoms with Crippen LogP contribution in [0.2, 0.25) is 0 Å². The molecule has 0 bridgehead atoms. The Morgan fingerprint density at radius 2 is 2.05 bits per heavy atom. The van der Waals surface area contributed by atoms with Crippen LogP contribution in [-0.4, -0.2) is 12.6 Å². The Labute approximate surface area is 124 Å². The molecule has 20 heavy (non-hydrogen) atoms. The van der Waals surface area contributed by atoms with E-state index in [1.807, 2.05) is 0 Å². The number of hydrogen-bond donors (Lipinski definition) is 1. The highest BCUT2D eigenvalue weighted by Gasteiger charge is 2.38. The van der Waals surface area contributed by atoms with Gasteiger partial charge in [-0.3, -0.25) is 0 Å². The van der Waals surface area contributed by atoms with E-state index >= 15 is 0 Å². The summed E-state index contributed by atoms with van der Waals surface area (Å²) in [4.78, 5) is 0. The average Bonchev–Trinajstić information content (AvgIpc) is 2.48. The number of nitrogens with one attached hydrogen (secondary N) is 1. The van der Waals surface area contributed by atoms with Gasteiger partial charge in [0.1, 0.15) is 0 Å². The average molecular weight is 271 g/mol. The summed E-state index contributed by atoms with van der Waals surface area (Å²) in [5.41, 5.74) is 3.21. The molecule has 0 radical (unpaired) electrons. The summed E-state index contributed by atoms with van der Waals surface area (Å²) in [6.45, 7) is 5.74. The molecule has 0 spiro atoms. The molecule has 1 aromatic carbocycles. The van der Waals surface area contributed by atoms with Crippen LogP contribution in [0.5, 0.6) is 0 Å². The Bertz CT molecular complexity index is 439. The highest BCUT2D eigenvalue weighted by atomic mass is 14.9. The lowest BCUT2D eigenvalue weighted by Crippen LogP contribution is -2.46. The highest BCUT2D eigenvalue weighted by molar-refractivity contribution is 5.41. The van der Waals surface area contributed by atoms with Crippen molar-refractivity contribution in [1.82, 2.24) is 5.32 Å². The Kier molecular flexibility index (Phi) is 4.45. The maximum Gasteiger partial charge on any atom is 0.0167 e. The van der Waals surface area contributed by atoms with Gasteiger partial charge in [-0.05, 0) is 48.8 Å². The minimum absolute atomic E-state index is 0.712. The second-order valence-corrected chi connectivity index (χ2v) is 6.79. The second-order valence-electron chi connectivity index (χ2n) is 6.79. The summed E-state index contributed by atoms with van der Waals surface area (Å²) in [6, 6.07) is 9.78. The van der Waals surface area contributed by atoms with Crippen molar-refractivity contribution >= 4 is 0 Å². The van der Waals surface area contributed by atoms with Crippen LogP contribution in [0.25, 0.3) is 0 Å². The third-order valence-electron chi connectivity index (χ3n) is 5.68. The molecule has 4 unspecified atom stereocenters. The van der Waals surface area contributed by atoms with Gasteiger partial charge in [0.05, 0.1) is 0 Å². The Balaban J connectivity index is 1.73. The van der Waals surface area contributed by atoms with E-state index in [-0.39, 0.29) is 0 Å². The van der Waals surface area contributed by atoms with Crippen LogP contribution in [-0.2, 0) is 6.42 Å². The zero-order valence-corrected chi connectivity index (χ0v) is 13.1. The predicted molar refractivity (Wildman–Crippen MR) is 86.1 cm³/mol. The summed E-state index contributed by atoms with van der Waals surface area (Å²) in [5, 5.41) is 3.84. The number of benzene rings is 1. The van der Waals surface area contributed by atoms with E-state index in [0.717, 1.165) is 24.3 Å². The van der Waals surface area contributed by atoms with Crippen LogP contribution in [0.3, 0.4) is 0 Å². The maximum absolute atomic E-state index is 3.84. The molecule has 1 nitrogen and oxygen atoms in total. The van der Waals surface area contributed by atoms with Crippen molar-refractivity contribution in [3.8, 4) is 0 Å². The summed E-state index contributed by atoms with van der Waals surface area (Å²) >= 11 is 0. The zero-order chi connectivity index (χ0) is 13.9.